The van der Waals surface area contributed by atoms with Gasteiger partial charge in [0.25, 0.3) is 0 Å². The zero-order valence-electron chi connectivity index (χ0n) is 10.4. The van der Waals surface area contributed by atoms with Gasteiger partial charge in [0.1, 0.15) is 23.1 Å². The molecule has 0 aliphatic rings. The van der Waals surface area contributed by atoms with Gasteiger partial charge in [-0.15, -0.1) is 0 Å². The first kappa shape index (κ1) is 12.0. The van der Waals surface area contributed by atoms with Gasteiger partial charge in [-0.2, -0.15) is 0 Å². The smallest absolute Gasteiger partial charge is 0.146 e. The van der Waals surface area contributed by atoms with E-state index in [0.717, 1.165) is 17.2 Å². The molecule has 0 amide bonds. The second kappa shape index (κ2) is 4.11. The molecular weight excluding hydrogens is 236 g/mol. The Labute approximate surface area is 106 Å². The lowest BCUT2D eigenvalue weighted by molar-refractivity contribution is 0.542. The largest absolute Gasteiger partial charge is 0.290 e. The van der Waals surface area contributed by atoms with E-state index < -0.39 is 0 Å². The minimum atomic E-state index is -0.132. The monoisotopic (exact) mass is 250 g/mol. The molecule has 2 rings (SSSR count). The number of nitrogens with zero attached hydrogens (tertiary/aromatic N) is 4. The van der Waals surface area contributed by atoms with Gasteiger partial charge in [0.05, 0.1) is 0 Å². The first-order chi connectivity index (χ1) is 7.89. The van der Waals surface area contributed by atoms with Crippen molar-refractivity contribution in [3.8, 4) is 5.82 Å². The van der Waals surface area contributed by atoms with E-state index in [2.05, 4.69) is 35.7 Å². The molecule has 4 nitrogen and oxygen atoms in total. The number of hydrogen-bond acceptors (Lipinski definition) is 3. The van der Waals surface area contributed by atoms with Crippen molar-refractivity contribution in [3.05, 3.63) is 35.3 Å². The van der Waals surface area contributed by atoms with Gasteiger partial charge in [-0.1, -0.05) is 32.4 Å². The minimum absolute atomic E-state index is 0.132. The lowest BCUT2D eigenvalue weighted by atomic mass is 9.95. The molecule has 0 fully saturated rings. The van der Waals surface area contributed by atoms with E-state index in [4.69, 9.17) is 11.6 Å². The van der Waals surface area contributed by atoms with Crippen LogP contribution in [0.25, 0.3) is 5.82 Å². The third-order valence-corrected chi connectivity index (χ3v) is 2.85. The summed E-state index contributed by atoms with van der Waals surface area (Å²) < 4.78 is 1.85. The quantitative estimate of drug-likeness (QED) is 0.731. The molecule has 0 aliphatic carbocycles. The van der Waals surface area contributed by atoms with Gasteiger partial charge in [-0.05, 0) is 6.92 Å². The molecule has 2 aromatic heterocycles. The van der Waals surface area contributed by atoms with E-state index in [1.807, 2.05) is 17.7 Å². The summed E-state index contributed by atoms with van der Waals surface area (Å²) in [6.07, 6.45) is 5.27. The summed E-state index contributed by atoms with van der Waals surface area (Å²) >= 11 is 6.16. The molecule has 0 atom stereocenters. The van der Waals surface area contributed by atoms with E-state index in [1.54, 1.807) is 12.5 Å². The molecule has 0 radical (unpaired) electrons. The lowest BCUT2D eigenvalue weighted by Gasteiger charge is -2.19. The Hall–Kier alpha value is -1.42. The van der Waals surface area contributed by atoms with E-state index >= 15 is 0 Å². The van der Waals surface area contributed by atoms with Gasteiger partial charge >= 0.3 is 0 Å². The molecule has 0 bridgehead atoms. The van der Waals surface area contributed by atoms with Crippen molar-refractivity contribution in [2.24, 2.45) is 0 Å². The normalized spacial score (nSPS) is 11.8. The average Bonchev–Trinajstić information content (AvgIpc) is 2.73. The van der Waals surface area contributed by atoms with Crippen molar-refractivity contribution >= 4 is 11.6 Å². The summed E-state index contributed by atoms with van der Waals surface area (Å²) in [6.45, 7) is 8.09. The Bertz CT molecular complexity index is 526. The van der Waals surface area contributed by atoms with Crippen LogP contribution in [0, 0.1) is 6.92 Å². The molecule has 2 aromatic rings. The molecule has 0 saturated carbocycles. The number of aromatic nitrogens is 4. The fourth-order valence-electron chi connectivity index (χ4n) is 1.45. The van der Waals surface area contributed by atoms with Crippen LogP contribution in [0.1, 0.15) is 32.2 Å². The first-order valence-electron chi connectivity index (χ1n) is 5.42. The molecule has 2 heterocycles. The van der Waals surface area contributed by atoms with Crippen molar-refractivity contribution in [2.45, 2.75) is 33.1 Å². The molecule has 90 valence electrons. The summed E-state index contributed by atoms with van der Waals surface area (Å²) in [6, 6.07) is 0. The summed E-state index contributed by atoms with van der Waals surface area (Å²) in [5, 5.41) is 0.494. The average molecular weight is 251 g/mol. The molecule has 0 aromatic carbocycles. The van der Waals surface area contributed by atoms with Crippen LogP contribution < -0.4 is 0 Å². The maximum Gasteiger partial charge on any atom is 0.146 e. The molecule has 0 saturated heterocycles. The number of rotatable bonds is 1. The van der Waals surface area contributed by atoms with E-state index in [9.17, 15) is 0 Å². The highest BCUT2D eigenvalue weighted by Gasteiger charge is 2.21. The van der Waals surface area contributed by atoms with E-state index in [1.165, 1.54) is 0 Å². The van der Waals surface area contributed by atoms with Crippen molar-refractivity contribution in [1.82, 2.24) is 19.5 Å². The van der Waals surface area contributed by atoms with Gasteiger partial charge in [0.15, 0.2) is 0 Å². The fourth-order valence-corrected chi connectivity index (χ4v) is 1.61. The molecule has 5 heteroatoms. The maximum absolute atomic E-state index is 6.16. The molecule has 17 heavy (non-hydrogen) atoms. The lowest BCUT2D eigenvalue weighted by Crippen LogP contribution is -2.18. The Morgan fingerprint density at radius 1 is 1.24 bits per heavy atom. The molecule has 0 N–H and O–H groups in total. The number of halogens is 1. The van der Waals surface area contributed by atoms with Gasteiger partial charge in [0, 0.05) is 23.4 Å². The number of imidazole rings is 1. The maximum atomic E-state index is 6.16. The molecule has 0 spiro atoms. The van der Waals surface area contributed by atoms with Crippen LogP contribution in [0.4, 0.5) is 0 Å². The van der Waals surface area contributed by atoms with E-state index in [-0.39, 0.29) is 5.41 Å². The highest BCUT2D eigenvalue weighted by molar-refractivity contribution is 6.30. The Balaban J connectivity index is 2.64. The Morgan fingerprint density at radius 3 is 2.47 bits per heavy atom. The second-order valence-electron chi connectivity index (χ2n) is 5.01. The van der Waals surface area contributed by atoms with Crippen molar-refractivity contribution in [1.29, 1.82) is 0 Å². The highest BCUT2D eigenvalue weighted by Crippen LogP contribution is 2.25. The van der Waals surface area contributed by atoms with Crippen LogP contribution in [0.5, 0.6) is 0 Å². The Morgan fingerprint density at radius 2 is 1.94 bits per heavy atom. The Kier molecular flexibility index (Phi) is 2.91. The van der Waals surface area contributed by atoms with Crippen molar-refractivity contribution in [3.63, 3.8) is 0 Å². The van der Waals surface area contributed by atoms with Crippen LogP contribution in [0.15, 0.2) is 18.7 Å². The third kappa shape index (κ3) is 2.31. The fraction of sp³-hybridized carbons (Fsp3) is 0.417. The first-order valence-corrected chi connectivity index (χ1v) is 5.80. The number of hydrogen-bond donors (Lipinski definition) is 0. The zero-order chi connectivity index (χ0) is 12.6. The topological polar surface area (TPSA) is 43.6 Å². The van der Waals surface area contributed by atoms with Crippen LogP contribution in [0.2, 0.25) is 5.15 Å². The van der Waals surface area contributed by atoms with Crippen LogP contribution in [0.3, 0.4) is 0 Å². The van der Waals surface area contributed by atoms with Crippen LogP contribution in [-0.2, 0) is 5.41 Å². The van der Waals surface area contributed by atoms with Gasteiger partial charge in [-0.3, -0.25) is 4.57 Å². The van der Waals surface area contributed by atoms with Crippen LogP contribution >= 0.6 is 11.6 Å². The molecule has 0 aliphatic heterocycles. The van der Waals surface area contributed by atoms with Crippen molar-refractivity contribution in [2.75, 3.05) is 0 Å². The van der Waals surface area contributed by atoms with Crippen molar-refractivity contribution < 1.29 is 0 Å². The summed E-state index contributed by atoms with van der Waals surface area (Å²) in [5.74, 6) is 1.52. The summed E-state index contributed by atoms with van der Waals surface area (Å²) in [5.41, 5.74) is 0.727. The molecule has 0 unspecified atom stereocenters. The highest BCUT2D eigenvalue weighted by atomic mass is 35.5. The van der Waals surface area contributed by atoms with Gasteiger partial charge < -0.3 is 0 Å². The predicted molar refractivity (Wildman–Crippen MR) is 67.6 cm³/mol. The SMILES string of the molecule is Cc1c(Cl)nc(C(C)(C)C)nc1-n1ccnc1. The second-order valence-corrected chi connectivity index (χ2v) is 5.36. The summed E-state index contributed by atoms with van der Waals surface area (Å²) in [7, 11) is 0. The van der Waals surface area contributed by atoms with Gasteiger partial charge in [0.2, 0.25) is 0 Å². The zero-order valence-corrected chi connectivity index (χ0v) is 11.2. The predicted octanol–water partition coefficient (Wildman–Crippen LogP) is 2.92. The van der Waals surface area contributed by atoms with Gasteiger partial charge in [-0.25, -0.2) is 15.0 Å². The van der Waals surface area contributed by atoms with E-state index in [0.29, 0.717) is 5.15 Å². The third-order valence-electron chi connectivity index (χ3n) is 2.48. The molecular formula is C12H15ClN4. The van der Waals surface area contributed by atoms with Crippen LogP contribution in [-0.4, -0.2) is 19.5 Å². The summed E-state index contributed by atoms with van der Waals surface area (Å²) in [4.78, 5) is 12.9. The standard InChI is InChI=1S/C12H15ClN4/c1-8-9(13)15-11(12(2,3)4)16-10(8)17-6-5-14-7-17/h5-7H,1-4H3. The minimum Gasteiger partial charge on any atom is -0.290 e.